The second kappa shape index (κ2) is 5.71. The molecule has 0 unspecified atom stereocenters. The molecule has 1 N–H and O–H groups in total. The smallest absolute Gasteiger partial charge is 0.253 e. The number of hydrogen-bond donors (Lipinski definition) is 1. The van der Waals surface area contributed by atoms with Gasteiger partial charge >= 0.3 is 0 Å². The zero-order valence-electron chi connectivity index (χ0n) is 13.0. The van der Waals surface area contributed by atoms with E-state index in [1.165, 1.54) is 11.3 Å². The maximum absolute atomic E-state index is 12.3. The second-order valence-corrected chi connectivity index (χ2v) is 6.90. The summed E-state index contributed by atoms with van der Waals surface area (Å²) in [6.07, 6.45) is 0.278. The van der Waals surface area contributed by atoms with E-state index in [2.05, 4.69) is 35.1 Å². The average molecular weight is 317 g/mol. The molecule has 0 aliphatic carbocycles. The van der Waals surface area contributed by atoms with Gasteiger partial charge in [-0.2, -0.15) is 5.26 Å². The normalized spacial score (nSPS) is 22.0. The minimum Gasteiger partial charge on any atom is -0.364 e. The van der Waals surface area contributed by atoms with Crippen molar-refractivity contribution in [1.82, 2.24) is 14.9 Å². The first-order chi connectivity index (χ1) is 10.5. The lowest BCUT2D eigenvalue weighted by Crippen LogP contribution is -2.54. The monoisotopic (exact) mass is 317 g/mol. The molecule has 0 amide bonds. The SMILES string of the molecule is C[C@@H]1CN(c2cc(=O)n(C)c3sc(CC#N)nc23)[C@@H](C)CN1. The van der Waals surface area contributed by atoms with Gasteiger partial charge in [0.25, 0.3) is 5.56 Å². The Bertz CT molecular complexity index is 803. The van der Waals surface area contributed by atoms with Crippen LogP contribution in [-0.2, 0) is 13.5 Å². The summed E-state index contributed by atoms with van der Waals surface area (Å²) < 4.78 is 1.62. The van der Waals surface area contributed by atoms with Crippen molar-refractivity contribution in [2.24, 2.45) is 7.05 Å². The van der Waals surface area contributed by atoms with Crippen molar-refractivity contribution in [3.05, 3.63) is 21.4 Å². The average Bonchev–Trinajstić information content (AvgIpc) is 2.90. The molecule has 0 aromatic carbocycles. The van der Waals surface area contributed by atoms with Crippen LogP contribution < -0.4 is 15.8 Å². The largest absolute Gasteiger partial charge is 0.364 e. The number of hydrogen-bond acceptors (Lipinski definition) is 6. The quantitative estimate of drug-likeness (QED) is 0.902. The lowest BCUT2D eigenvalue weighted by molar-refractivity contribution is 0.425. The number of pyridine rings is 1. The number of aromatic nitrogens is 2. The summed E-state index contributed by atoms with van der Waals surface area (Å²) in [5, 5.41) is 13.1. The molecule has 0 spiro atoms. The number of fused-ring (bicyclic) bond motifs is 1. The summed E-state index contributed by atoms with van der Waals surface area (Å²) in [6.45, 7) is 6.01. The zero-order valence-corrected chi connectivity index (χ0v) is 13.8. The molecule has 7 heteroatoms. The van der Waals surface area contributed by atoms with Gasteiger partial charge in [-0.25, -0.2) is 4.98 Å². The van der Waals surface area contributed by atoms with Crippen molar-refractivity contribution in [2.45, 2.75) is 32.4 Å². The molecule has 2 atom stereocenters. The number of nitrogens with zero attached hydrogens (tertiary/aromatic N) is 4. The van der Waals surface area contributed by atoms with Crippen LogP contribution in [0, 0.1) is 11.3 Å². The van der Waals surface area contributed by atoms with Crippen molar-refractivity contribution >= 4 is 27.4 Å². The number of nitrogens with one attached hydrogen (secondary N) is 1. The summed E-state index contributed by atoms with van der Waals surface area (Å²) in [4.78, 5) is 20.0. The molecule has 0 saturated carbocycles. The van der Waals surface area contributed by atoms with Crippen LogP contribution in [0.25, 0.3) is 10.3 Å². The van der Waals surface area contributed by atoms with Crippen LogP contribution in [0.2, 0.25) is 0 Å². The predicted octanol–water partition coefficient (Wildman–Crippen LogP) is 1.25. The van der Waals surface area contributed by atoms with E-state index in [-0.39, 0.29) is 12.0 Å². The Morgan fingerprint density at radius 1 is 1.55 bits per heavy atom. The van der Waals surface area contributed by atoms with E-state index >= 15 is 0 Å². The van der Waals surface area contributed by atoms with Gasteiger partial charge in [0.1, 0.15) is 15.4 Å². The Morgan fingerprint density at radius 2 is 2.32 bits per heavy atom. The van der Waals surface area contributed by atoms with Gasteiger partial charge in [-0.1, -0.05) is 11.3 Å². The highest BCUT2D eigenvalue weighted by Crippen LogP contribution is 2.30. The molecular weight excluding hydrogens is 298 g/mol. The van der Waals surface area contributed by atoms with Crippen LogP contribution in [-0.4, -0.2) is 34.7 Å². The molecule has 1 aliphatic heterocycles. The molecule has 3 heterocycles. The molecular formula is C15H19N5OS. The van der Waals surface area contributed by atoms with E-state index in [0.717, 1.165) is 34.1 Å². The molecule has 22 heavy (non-hydrogen) atoms. The van der Waals surface area contributed by atoms with E-state index < -0.39 is 0 Å². The number of nitriles is 1. The Labute approximate surface area is 133 Å². The maximum Gasteiger partial charge on any atom is 0.253 e. The molecule has 1 fully saturated rings. The van der Waals surface area contributed by atoms with Gasteiger partial charge in [-0.15, -0.1) is 0 Å². The van der Waals surface area contributed by atoms with Gasteiger partial charge in [-0.3, -0.25) is 4.79 Å². The van der Waals surface area contributed by atoms with Gasteiger partial charge in [0.05, 0.1) is 18.2 Å². The van der Waals surface area contributed by atoms with Crippen LogP contribution in [0.3, 0.4) is 0 Å². The molecule has 3 rings (SSSR count). The third-order valence-corrected chi connectivity index (χ3v) is 5.23. The highest BCUT2D eigenvalue weighted by molar-refractivity contribution is 7.18. The Balaban J connectivity index is 2.18. The van der Waals surface area contributed by atoms with Crippen LogP contribution in [0.4, 0.5) is 5.69 Å². The van der Waals surface area contributed by atoms with E-state index in [1.54, 1.807) is 17.7 Å². The second-order valence-electron chi connectivity index (χ2n) is 5.83. The minimum absolute atomic E-state index is 0.0342. The predicted molar refractivity (Wildman–Crippen MR) is 88.5 cm³/mol. The molecule has 2 aromatic heterocycles. The molecule has 1 saturated heterocycles. The topological polar surface area (TPSA) is 74.0 Å². The van der Waals surface area contributed by atoms with E-state index in [4.69, 9.17) is 5.26 Å². The molecule has 0 radical (unpaired) electrons. The van der Waals surface area contributed by atoms with Gasteiger partial charge < -0.3 is 14.8 Å². The van der Waals surface area contributed by atoms with Crippen molar-refractivity contribution < 1.29 is 0 Å². The van der Waals surface area contributed by atoms with E-state index in [9.17, 15) is 4.79 Å². The fourth-order valence-corrected chi connectivity index (χ4v) is 3.82. The molecule has 6 nitrogen and oxygen atoms in total. The Kier molecular flexibility index (Phi) is 3.89. The fourth-order valence-electron chi connectivity index (χ4n) is 2.85. The summed E-state index contributed by atoms with van der Waals surface area (Å²) >= 11 is 1.43. The zero-order chi connectivity index (χ0) is 15.9. The highest BCUT2D eigenvalue weighted by Gasteiger charge is 2.26. The van der Waals surface area contributed by atoms with Crippen LogP contribution >= 0.6 is 11.3 Å². The number of piperazine rings is 1. The van der Waals surface area contributed by atoms with Crippen molar-refractivity contribution in [1.29, 1.82) is 5.26 Å². The van der Waals surface area contributed by atoms with Crippen molar-refractivity contribution in [3.8, 4) is 6.07 Å². The molecule has 2 aromatic rings. The highest BCUT2D eigenvalue weighted by atomic mass is 32.1. The number of anilines is 1. The number of thiazole rings is 1. The lowest BCUT2D eigenvalue weighted by Gasteiger charge is -2.39. The summed E-state index contributed by atoms with van der Waals surface area (Å²) in [7, 11) is 1.76. The molecule has 1 aliphatic rings. The standard InChI is InChI=1S/C15H19N5OS/c1-9-8-20(10(2)7-17-9)11-6-13(21)19(3)15-14(11)18-12(22-15)4-5-16/h6,9-10,17H,4,7-8H2,1-3H3/t9-,10+/m1/s1. The van der Waals surface area contributed by atoms with Crippen LogP contribution in [0.1, 0.15) is 18.9 Å². The van der Waals surface area contributed by atoms with Gasteiger partial charge in [0, 0.05) is 38.3 Å². The van der Waals surface area contributed by atoms with E-state index in [1.807, 2.05) is 0 Å². The first-order valence-electron chi connectivity index (χ1n) is 7.37. The number of aryl methyl sites for hydroxylation is 1. The molecule has 116 valence electrons. The minimum atomic E-state index is -0.0342. The third kappa shape index (κ3) is 2.49. The Morgan fingerprint density at radius 3 is 3.05 bits per heavy atom. The first kappa shape index (κ1) is 15.0. The molecule has 0 bridgehead atoms. The van der Waals surface area contributed by atoms with Crippen LogP contribution in [0.15, 0.2) is 10.9 Å². The van der Waals surface area contributed by atoms with Crippen LogP contribution in [0.5, 0.6) is 0 Å². The summed E-state index contributed by atoms with van der Waals surface area (Å²) in [6, 6.07) is 4.47. The Hall–Kier alpha value is -1.91. The third-order valence-electron chi connectivity index (χ3n) is 4.10. The van der Waals surface area contributed by atoms with Gasteiger partial charge in [0.2, 0.25) is 0 Å². The van der Waals surface area contributed by atoms with E-state index in [0.29, 0.717) is 12.1 Å². The van der Waals surface area contributed by atoms with Crippen molar-refractivity contribution in [2.75, 3.05) is 18.0 Å². The summed E-state index contributed by atoms with van der Waals surface area (Å²) in [5.41, 5.74) is 1.69. The number of rotatable bonds is 2. The fraction of sp³-hybridized carbons (Fsp3) is 0.533. The van der Waals surface area contributed by atoms with Crippen molar-refractivity contribution in [3.63, 3.8) is 0 Å². The lowest BCUT2D eigenvalue weighted by atomic mass is 10.1. The summed E-state index contributed by atoms with van der Waals surface area (Å²) in [5.74, 6) is 0. The first-order valence-corrected chi connectivity index (χ1v) is 8.19. The van der Waals surface area contributed by atoms with Gasteiger partial charge in [0.15, 0.2) is 0 Å². The maximum atomic E-state index is 12.3. The van der Waals surface area contributed by atoms with Gasteiger partial charge in [-0.05, 0) is 13.8 Å².